The van der Waals surface area contributed by atoms with Crippen LogP contribution in [-0.4, -0.2) is 38.3 Å². The third-order valence-electron chi connectivity index (χ3n) is 3.07. The Morgan fingerprint density at radius 2 is 2.35 bits per heavy atom. The molecule has 94 valence electrons. The lowest BCUT2D eigenvalue weighted by molar-refractivity contribution is 0.0428. The lowest BCUT2D eigenvalue weighted by Crippen LogP contribution is -2.19. The van der Waals surface area contributed by atoms with E-state index in [0.717, 1.165) is 12.8 Å². The van der Waals surface area contributed by atoms with E-state index in [1.807, 2.05) is 13.8 Å². The molecule has 2 heterocycles. The van der Waals surface area contributed by atoms with Crippen molar-refractivity contribution in [2.45, 2.75) is 51.9 Å². The molecular formula is C11H17N3O3. The van der Waals surface area contributed by atoms with Crippen LogP contribution >= 0.6 is 0 Å². The molecule has 2 unspecified atom stereocenters. The van der Waals surface area contributed by atoms with E-state index in [1.54, 1.807) is 4.68 Å². The predicted molar refractivity (Wildman–Crippen MR) is 59.9 cm³/mol. The molecule has 1 aromatic rings. The number of hydrogen-bond acceptors (Lipinski definition) is 4. The first kappa shape index (κ1) is 12.0. The largest absolute Gasteiger partial charge is 0.476 e. The molecule has 0 bridgehead atoms. The van der Waals surface area contributed by atoms with Crippen LogP contribution in [0.5, 0.6) is 0 Å². The van der Waals surface area contributed by atoms with Crippen LogP contribution in [0.3, 0.4) is 0 Å². The van der Waals surface area contributed by atoms with Crippen LogP contribution in [0.15, 0.2) is 0 Å². The summed E-state index contributed by atoms with van der Waals surface area (Å²) in [6, 6.07) is 0. The summed E-state index contributed by atoms with van der Waals surface area (Å²) in [6.07, 6.45) is 3.06. The minimum Gasteiger partial charge on any atom is -0.476 e. The van der Waals surface area contributed by atoms with Crippen molar-refractivity contribution in [1.82, 2.24) is 15.0 Å². The zero-order chi connectivity index (χ0) is 12.4. The van der Waals surface area contributed by atoms with Crippen LogP contribution < -0.4 is 0 Å². The quantitative estimate of drug-likeness (QED) is 0.851. The number of nitrogens with zero attached hydrogens (tertiary/aromatic N) is 3. The van der Waals surface area contributed by atoms with Gasteiger partial charge in [0.1, 0.15) is 0 Å². The van der Waals surface area contributed by atoms with E-state index in [4.69, 9.17) is 9.84 Å². The van der Waals surface area contributed by atoms with Gasteiger partial charge in [-0.3, -0.25) is 0 Å². The Hall–Kier alpha value is -1.43. The Balaban J connectivity index is 2.13. The molecule has 17 heavy (non-hydrogen) atoms. The number of carboxylic acid groups (broad SMARTS) is 1. The molecule has 0 radical (unpaired) electrons. The Labute approximate surface area is 99.6 Å². The highest BCUT2D eigenvalue weighted by molar-refractivity contribution is 5.86. The molecule has 6 heteroatoms. The maximum absolute atomic E-state index is 10.9. The number of ether oxygens (including phenoxy) is 1. The highest BCUT2D eigenvalue weighted by Crippen LogP contribution is 2.21. The molecule has 0 spiro atoms. The van der Waals surface area contributed by atoms with E-state index in [2.05, 4.69) is 10.3 Å². The van der Waals surface area contributed by atoms with Gasteiger partial charge in [-0.25, -0.2) is 9.48 Å². The Kier molecular flexibility index (Phi) is 3.42. The molecule has 2 atom stereocenters. The number of carbonyl (C=O) groups is 1. The number of aromatic nitrogens is 3. The van der Waals surface area contributed by atoms with Gasteiger partial charge < -0.3 is 9.84 Å². The first-order chi connectivity index (χ1) is 8.11. The van der Waals surface area contributed by atoms with Crippen molar-refractivity contribution < 1.29 is 14.6 Å². The lowest BCUT2D eigenvalue weighted by Gasteiger charge is -2.12. The lowest BCUT2D eigenvalue weighted by atomic mass is 10.2. The number of rotatable bonds is 4. The summed E-state index contributed by atoms with van der Waals surface area (Å²) < 4.78 is 7.36. The third kappa shape index (κ3) is 2.46. The van der Waals surface area contributed by atoms with Crippen LogP contribution in [0.25, 0.3) is 0 Å². The first-order valence-electron chi connectivity index (χ1n) is 5.93. The maximum atomic E-state index is 10.9. The SMILES string of the molecule is CCc1c(C(=O)O)nnn1CC1CCC(C)O1. The van der Waals surface area contributed by atoms with Gasteiger partial charge in [0, 0.05) is 0 Å². The number of hydrogen-bond donors (Lipinski definition) is 1. The fourth-order valence-corrected chi connectivity index (χ4v) is 2.21. The van der Waals surface area contributed by atoms with E-state index >= 15 is 0 Å². The van der Waals surface area contributed by atoms with Gasteiger partial charge in [-0.05, 0) is 26.2 Å². The second-order valence-electron chi connectivity index (χ2n) is 4.37. The van der Waals surface area contributed by atoms with Gasteiger partial charge >= 0.3 is 5.97 Å². The van der Waals surface area contributed by atoms with Gasteiger partial charge in [-0.1, -0.05) is 12.1 Å². The Morgan fingerprint density at radius 1 is 1.59 bits per heavy atom. The van der Waals surface area contributed by atoms with Gasteiger partial charge in [-0.15, -0.1) is 5.10 Å². The predicted octanol–water partition coefficient (Wildman–Crippen LogP) is 1.11. The highest BCUT2D eigenvalue weighted by atomic mass is 16.5. The first-order valence-corrected chi connectivity index (χ1v) is 5.93. The summed E-state index contributed by atoms with van der Waals surface area (Å²) in [5.41, 5.74) is 0.721. The summed E-state index contributed by atoms with van der Waals surface area (Å²) in [7, 11) is 0. The van der Waals surface area contributed by atoms with Crippen LogP contribution in [0.4, 0.5) is 0 Å². The van der Waals surface area contributed by atoms with E-state index < -0.39 is 5.97 Å². The van der Waals surface area contributed by atoms with Crippen molar-refractivity contribution in [2.75, 3.05) is 0 Å². The summed E-state index contributed by atoms with van der Waals surface area (Å²) in [6.45, 7) is 4.54. The van der Waals surface area contributed by atoms with Crippen LogP contribution in [0, 0.1) is 0 Å². The average molecular weight is 239 g/mol. The molecule has 2 rings (SSSR count). The highest BCUT2D eigenvalue weighted by Gasteiger charge is 2.25. The van der Waals surface area contributed by atoms with Crippen molar-refractivity contribution in [3.63, 3.8) is 0 Å². The summed E-state index contributed by atoms with van der Waals surface area (Å²) in [5.74, 6) is -1.02. The molecule has 1 fully saturated rings. The Morgan fingerprint density at radius 3 is 2.88 bits per heavy atom. The fourth-order valence-electron chi connectivity index (χ4n) is 2.21. The molecule has 0 saturated carbocycles. The topological polar surface area (TPSA) is 77.2 Å². The number of carboxylic acids is 1. The third-order valence-corrected chi connectivity index (χ3v) is 3.07. The minimum absolute atomic E-state index is 0.0542. The van der Waals surface area contributed by atoms with E-state index in [9.17, 15) is 4.79 Å². The van der Waals surface area contributed by atoms with Gasteiger partial charge in [0.05, 0.1) is 24.4 Å². The van der Waals surface area contributed by atoms with E-state index in [-0.39, 0.29) is 17.9 Å². The van der Waals surface area contributed by atoms with Crippen LogP contribution in [0.1, 0.15) is 42.9 Å². The molecule has 1 aliphatic heterocycles. The standard InChI is InChI=1S/C11H17N3O3/c1-3-9-10(11(15)16)12-13-14(9)6-8-5-4-7(2)17-8/h7-8H,3-6H2,1-2H3,(H,15,16). The molecule has 1 aromatic heterocycles. The van der Waals surface area contributed by atoms with Crippen LogP contribution in [-0.2, 0) is 17.7 Å². The van der Waals surface area contributed by atoms with Crippen molar-refractivity contribution >= 4 is 5.97 Å². The van der Waals surface area contributed by atoms with Gasteiger partial charge in [-0.2, -0.15) is 0 Å². The normalized spacial score (nSPS) is 24.1. The average Bonchev–Trinajstić information content (AvgIpc) is 2.85. The van der Waals surface area contributed by atoms with Gasteiger partial charge in [0.2, 0.25) is 0 Å². The Bertz CT molecular complexity index is 416. The van der Waals surface area contributed by atoms with E-state index in [0.29, 0.717) is 18.7 Å². The monoisotopic (exact) mass is 239 g/mol. The van der Waals surface area contributed by atoms with E-state index in [1.165, 1.54) is 0 Å². The zero-order valence-corrected chi connectivity index (χ0v) is 10.1. The summed E-state index contributed by atoms with van der Waals surface area (Å²) in [5, 5.41) is 16.6. The molecule has 0 amide bonds. The second-order valence-corrected chi connectivity index (χ2v) is 4.37. The smallest absolute Gasteiger partial charge is 0.358 e. The summed E-state index contributed by atoms with van der Waals surface area (Å²) >= 11 is 0. The van der Waals surface area contributed by atoms with Crippen molar-refractivity contribution in [3.05, 3.63) is 11.4 Å². The molecule has 6 nitrogen and oxygen atoms in total. The van der Waals surface area contributed by atoms with Gasteiger partial charge in [0.25, 0.3) is 0 Å². The molecule has 1 aliphatic rings. The molecular weight excluding hydrogens is 222 g/mol. The zero-order valence-electron chi connectivity index (χ0n) is 10.1. The minimum atomic E-state index is -1.02. The molecule has 1 N–H and O–H groups in total. The second kappa shape index (κ2) is 4.83. The molecule has 0 aromatic carbocycles. The van der Waals surface area contributed by atoms with Crippen molar-refractivity contribution in [1.29, 1.82) is 0 Å². The summed E-state index contributed by atoms with van der Waals surface area (Å²) in [4.78, 5) is 10.9. The molecule has 0 aliphatic carbocycles. The van der Waals surface area contributed by atoms with Crippen molar-refractivity contribution in [2.24, 2.45) is 0 Å². The van der Waals surface area contributed by atoms with Crippen molar-refractivity contribution in [3.8, 4) is 0 Å². The van der Waals surface area contributed by atoms with Crippen LogP contribution in [0.2, 0.25) is 0 Å². The maximum Gasteiger partial charge on any atom is 0.358 e. The number of aromatic carboxylic acids is 1. The molecule has 1 saturated heterocycles. The van der Waals surface area contributed by atoms with Gasteiger partial charge in [0.15, 0.2) is 5.69 Å². The fraction of sp³-hybridized carbons (Fsp3) is 0.727.